The van der Waals surface area contributed by atoms with Crippen LogP contribution in [0, 0.1) is 24.3 Å². The second kappa shape index (κ2) is 4.90. The van der Waals surface area contributed by atoms with Crippen LogP contribution in [0.4, 0.5) is 0 Å². The van der Waals surface area contributed by atoms with Gasteiger partial charge < -0.3 is 0 Å². The molecule has 88 valence electrons. The highest BCUT2D eigenvalue weighted by molar-refractivity contribution is 14.1. The Morgan fingerprint density at radius 1 is 1.06 bits per heavy atom. The SMILES string of the molecule is Cc1ccc(-c2nc(C)c(I)c(Cl)n2)cc1C. The molecule has 0 saturated carbocycles. The van der Waals surface area contributed by atoms with Crippen LogP contribution in [0.1, 0.15) is 16.8 Å². The van der Waals surface area contributed by atoms with E-state index in [1.165, 1.54) is 11.1 Å². The Hall–Kier alpha value is -0.680. The van der Waals surface area contributed by atoms with Crippen LogP contribution in [0.25, 0.3) is 11.4 Å². The summed E-state index contributed by atoms with van der Waals surface area (Å²) in [5.74, 6) is 0.691. The van der Waals surface area contributed by atoms with Crippen molar-refractivity contribution in [2.45, 2.75) is 20.8 Å². The maximum absolute atomic E-state index is 6.08. The second-order valence-corrected chi connectivity index (χ2v) is 5.47. The highest BCUT2D eigenvalue weighted by Gasteiger charge is 2.09. The minimum absolute atomic E-state index is 0.520. The molecule has 0 N–H and O–H groups in total. The standard InChI is InChI=1S/C13H12ClIN2/c1-7-4-5-10(6-8(7)2)13-16-9(3)11(15)12(14)17-13/h4-6H,1-3H3. The summed E-state index contributed by atoms with van der Waals surface area (Å²) in [6, 6.07) is 6.20. The molecule has 0 aliphatic rings. The molecule has 0 aliphatic heterocycles. The molecular formula is C13H12ClIN2. The molecule has 2 nitrogen and oxygen atoms in total. The topological polar surface area (TPSA) is 25.8 Å². The van der Waals surface area contributed by atoms with Crippen LogP contribution >= 0.6 is 34.2 Å². The van der Waals surface area contributed by atoms with Gasteiger partial charge in [0.15, 0.2) is 5.82 Å². The monoisotopic (exact) mass is 358 g/mol. The molecular weight excluding hydrogens is 347 g/mol. The van der Waals surface area contributed by atoms with Gasteiger partial charge in [0.1, 0.15) is 5.15 Å². The smallest absolute Gasteiger partial charge is 0.161 e. The van der Waals surface area contributed by atoms with Gasteiger partial charge in [0.25, 0.3) is 0 Å². The number of benzene rings is 1. The summed E-state index contributed by atoms with van der Waals surface area (Å²) < 4.78 is 0.914. The van der Waals surface area contributed by atoms with Gasteiger partial charge in [0.05, 0.1) is 9.26 Å². The maximum Gasteiger partial charge on any atom is 0.161 e. The lowest BCUT2D eigenvalue weighted by Gasteiger charge is -2.07. The summed E-state index contributed by atoms with van der Waals surface area (Å²) in [5, 5.41) is 0.520. The zero-order valence-corrected chi connectivity index (χ0v) is 12.8. The van der Waals surface area contributed by atoms with Gasteiger partial charge in [-0.2, -0.15) is 0 Å². The molecule has 0 radical (unpaired) electrons. The molecule has 0 fully saturated rings. The molecule has 17 heavy (non-hydrogen) atoms. The first kappa shape index (κ1) is 12.8. The van der Waals surface area contributed by atoms with Gasteiger partial charge in [-0.15, -0.1) is 0 Å². The lowest BCUT2D eigenvalue weighted by Crippen LogP contribution is -1.97. The Balaban J connectivity index is 2.57. The predicted molar refractivity (Wildman–Crippen MR) is 79.4 cm³/mol. The Labute approximate surface area is 120 Å². The first-order valence-corrected chi connectivity index (χ1v) is 6.72. The van der Waals surface area contributed by atoms with E-state index in [0.717, 1.165) is 14.8 Å². The Morgan fingerprint density at radius 3 is 2.35 bits per heavy atom. The number of hydrogen-bond donors (Lipinski definition) is 0. The van der Waals surface area contributed by atoms with E-state index in [0.29, 0.717) is 11.0 Å². The number of aryl methyl sites for hydroxylation is 3. The van der Waals surface area contributed by atoms with E-state index in [4.69, 9.17) is 11.6 Å². The third-order valence-electron chi connectivity index (χ3n) is 2.74. The lowest BCUT2D eigenvalue weighted by atomic mass is 10.1. The fourth-order valence-corrected chi connectivity index (χ4v) is 1.99. The van der Waals surface area contributed by atoms with Crippen molar-refractivity contribution < 1.29 is 0 Å². The zero-order valence-electron chi connectivity index (χ0n) is 9.88. The highest BCUT2D eigenvalue weighted by Crippen LogP contribution is 2.24. The Bertz CT molecular complexity index is 559. The molecule has 1 aromatic heterocycles. The highest BCUT2D eigenvalue weighted by atomic mass is 127. The van der Waals surface area contributed by atoms with E-state index >= 15 is 0 Å². The van der Waals surface area contributed by atoms with Gasteiger partial charge in [0.2, 0.25) is 0 Å². The number of nitrogens with zero attached hydrogens (tertiary/aromatic N) is 2. The first-order valence-electron chi connectivity index (χ1n) is 5.26. The fraction of sp³-hybridized carbons (Fsp3) is 0.231. The van der Waals surface area contributed by atoms with E-state index in [1.54, 1.807) is 0 Å². The molecule has 4 heteroatoms. The molecule has 0 bridgehead atoms. The normalized spacial score (nSPS) is 10.6. The fourth-order valence-electron chi connectivity index (χ4n) is 1.53. The molecule has 2 rings (SSSR count). The quantitative estimate of drug-likeness (QED) is 0.560. The van der Waals surface area contributed by atoms with Crippen LogP contribution in [-0.2, 0) is 0 Å². The first-order chi connectivity index (χ1) is 7.99. The third kappa shape index (κ3) is 2.60. The third-order valence-corrected chi connectivity index (χ3v) is 4.63. The minimum Gasteiger partial charge on any atom is -0.232 e. The summed E-state index contributed by atoms with van der Waals surface area (Å²) in [5.41, 5.74) is 4.42. The van der Waals surface area contributed by atoms with Crippen molar-refractivity contribution in [1.29, 1.82) is 0 Å². The second-order valence-electron chi connectivity index (χ2n) is 4.04. The molecule has 0 unspecified atom stereocenters. The summed E-state index contributed by atoms with van der Waals surface area (Å²) in [4.78, 5) is 8.79. The van der Waals surface area contributed by atoms with Gasteiger partial charge >= 0.3 is 0 Å². The molecule has 1 heterocycles. The molecule has 0 amide bonds. The molecule has 0 atom stereocenters. The van der Waals surface area contributed by atoms with Crippen molar-refractivity contribution in [3.05, 3.63) is 43.7 Å². The van der Waals surface area contributed by atoms with Gasteiger partial charge in [-0.05, 0) is 60.6 Å². The molecule has 2 aromatic rings. The van der Waals surface area contributed by atoms with Crippen LogP contribution in [0.2, 0.25) is 5.15 Å². The molecule has 0 aliphatic carbocycles. The van der Waals surface area contributed by atoms with E-state index in [1.807, 2.05) is 13.0 Å². The average Bonchev–Trinajstić information content (AvgIpc) is 2.29. The van der Waals surface area contributed by atoms with Crippen LogP contribution in [0.3, 0.4) is 0 Å². The number of halogens is 2. The summed E-state index contributed by atoms with van der Waals surface area (Å²) >= 11 is 8.24. The van der Waals surface area contributed by atoms with Crippen molar-refractivity contribution in [3.8, 4) is 11.4 Å². The van der Waals surface area contributed by atoms with E-state index in [-0.39, 0.29) is 0 Å². The maximum atomic E-state index is 6.08. The Morgan fingerprint density at radius 2 is 1.76 bits per heavy atom. The van der Waals surface area contributed by atoms with Crippen LogP contribution in [0.15, 0.2) is 18.2 Å². The number of rotatable bonds is 1. The van der Waals surface area contributed by atoms with E-state index in [2.05, 4.69) is 58.5 Å². The zero-order chi connectivity index (χ0) is 12.6. The molecule has 0 spiro atoms. The minimum atomic E-state index is 0.520. The van der Waals surface area contributed by atoms with Crippen molar-refractivity contribution in [3.63, 3.8) is 0 Å². The van der Waals surface area contributed by atoms with E-state index in [9.17, 15) is 0 Å². The van der Waals surface area contributed by atoms with Gasteiger partial charge in [-0.1, -0.05) is 23.7 Å². The lowest BCUT2D eigenvalue weighted by molar-refractivity contribution is 1.09. The largest absolute Gasteiger partial charge is 0.232 e. The number of hydrogen-bond acceptors (Lipinski definition) is 2. The Kier molecular flexibility index (Phi) is 3.68. The van der Waals surface area contributed by atoms with Gasteiger partial charge in [-0.3, -0.25) is 0 Å². The van der Waals surface area contributed by atoms with Crippen molar-refractivity contribution >= 4 is 34.2 Å². The number of aromatic nitrogens is 2. The summed E-state index contributed by atoms with van der Waals surface area (Å²) in [6.45, 7) is 6.12. The average molecular weight is 359 g/mol. The summed E-state index contributed by atoms with van der Waals surface area (Å²) in [6.07, 6.45) is 0. The molecule has 0 saturated heterocycles. The van der Waals surface area contributed by atoms with Gasteiger partial charge in [0, 0.05) is 5.56 Å². The molecule has 1 aromatic carbocycles. The predicted octanol–water partition coefficient (Wildman–Crippen LogP) is 4.33. The van der Waals surface area contributed by atoms with Gasteiger partial charge in [-0.25, -0.2) is 9.97 Å². The van der Waals surface area contributed by atoms with Crippen LogP contribution in [0.5, 0.6) is 0 Å². The van der Waals surface area contributed by atoms with Crippen molar-refractivity contribution in [2.75, 3.05) is 0 Å². The van der Waals surface area contributed by atoms with Crippen molar-refractivity contribution in [1.82, 2.24) is 9.97 Å². The van der Waals surface area contributed by atoms with E-state index < -0.39 is 0 Å². The van der Waals surface area contributed by atoms with Crippen molar-refractivity contribution in [2.24, 2.45) is 0 Å². The van der Waals surface area contributed by atoms with Crippen LogP contribution in [-0.4, -0.2) is 9.97 Å². The summed E-state index contributed by atoms with van der Waals surface area (Å²) in [7, 11) is 0. The van der Waals surface area contributed by atoms with Crippen LogP contribution < -0.4 is 0 Å².